The molecule has 3 rings (SSSR count). The maximum absolute atomic E-state index is 5.52. The molecule has 0 spiro atoms. The topological polar surface area (TPSA) is 87.3 Å². The highest BCUT2D eigenvalue weighted by Crippen LogP contribution is 2.31. The van der Waals surface area contributed by atoms with Gasteiger partial charge in [0, 0.05) is 11.6 Å². The van der Waals surface area contributed by atoms with E-state index in [1.165, 1.54) is 7.11 Å². The summed E-state index contributed by atoms with van der Waals surface area (Å²) in [5.74, 6) is 0.872. The van der Waals surface area contributed by atoms with E-state index >= 15 is 0 Å². The molecule has 0 saturated carbocycles. The average Bonchev–Trinajstić information content (AvgIpc) is 2.93. The van der Waals surface area contributed by atoms with Crippen molar-refractivity contribution in [2.75, 3.05) is 12.8 Å². The minimum absolute atomic E-state index is 0.208. The van der Waals surface area contributed by atoms with Crippen molar-refractivity contribution in [1.29, 1.82) is 0 Å². The predicted molar refractivity (Wildman–Crippen MR) is 60.5 cm³/mol. The van der Waals surface area contributed by atoms with Crippen LogP contribution in [-0.2, 0) is 0 Å². The van der Waals surface area contributed by atoms with Crippen LogP contribution in [0.15, 0.2) is 33.2 Å². The average molecular weight is 231 g/mol. The molecular formula is C11H9N3O3. The highest BCUT2D eigenvalue weighted by atomic mass is 16.6. The first kappa shape index (κ1) is 9.71. The molecule has 0 radical (unpaired) electrons. The first-order valence-electron chi connectivity index (χ1n) is 4.94. The van der Waals surface area contributed by atoms with Crippen LogP contribution in [0.2, 0.25) is 0 Å². The Morgan fingerprint density at radius 1 is 1.35 bits per heavy atom. The molecule has 1 aromatic carbocycles. The second kappa shape index (κ2) is 3.51. The van der Waals surface area contributed by atoms with Crippen molar-refractivity contribution in [2.45, 2.75) is 0 Å². The van der Waals surface area contributed by atoms with E-state index in [1.807, 2.05) is 12.1 Å². The van der Waals surface area contributed by atoms with Crippen LogP contribution in [-0.4, -0.2) is 17.3 Å². The zero-order valence-corrected chi connectivity index (χ0v) is 9.01. The molecule has 0 atom stereocenters. The van der Waals surface area contributed by atoms with Gasteiger partial charge in [-0.2, -0.15) is 4.98 Å². The predicted octanol–water partition coefficient (Wildman–Crippen LogP) is 2.07. The highest BCUT2D eigenvalue weighted by Gasteiger charge is 2.14. The number of para-hydroxylation sites is 1. The Morgan fingerprint density at radius 3 is 2.94 bits per heavy atom. The van der Waals surface area contributed by atoms with Crippen LogP contribution in [0, 0.1) is 0 Å². The summed E-state index contributed by atoms with van der Waals surface area (Å²) in [6, 6.07) is 7.12. The molecule has 0 aliphatic rings. The third-order valence-electron chi connectivity index (χ3n) is 2.37. The van der Waals surface area contributed by atoms with Gasteiger partial charge in [-0.25, -0.2) is 0 Å². The fourth-order valence-corrected chi connectivity index (χ4v) is 1.63. The van der Waals surface area contributed by atoms with Crippen LogP contribution in [0.1, 0.15) is 0 Å². The van der Waals surface area contributed by atoms with E-state index < -0.39 is 0 Å². The first-order chi connectivity index (χ1) is 8.28. The number of fused-ring (bicyclic) bond motifs is 1. The molecule has 0 aliphatic carbocycles. The number of nitrogen functional groups attached to an aromatic ring is 1. The first-order valence-corrected chi connectivity index (χ1v) is 4.94. The van der Waals surface area contributed by atoms with Gasteiger partial charge in [-0.05, 0) is 12.1 Å². The standard InChI is InChI=1S/C11H9N3O3/c1-15-11-13-10-6(3-2-4-7(10)16-11)8-5-9(12)14-17-8/h2-5H,1H3,(H2,12,14). The molecule has 0 fully saturated rings. The van der Waals surface area contributed by atoms with Crippen LogP contribution in [0.3, 0.4) is 0 Å². The van der Waals surface area contributed by atoms with E-state index in [4.69, 9.17) is 19.4 Å². The Balaban J connectivity index is 2.25. The highest BCUT2D eigenvalue weighted by molar-refractivity contribution is 5.89. The summed E-state index contributed by atoms with van der Waals surface area (Å²) < 4.78 is 15.4. The quantitative estimate of drug-likeness (QED) is 0.726. The lowest BCUT2D eigenvalue weighted by Crippen LogP contribution is -1.81. The molecule has 3 aromatic rings. The number of methoxy groups -OCH3 is 1. The lowest BCUT2D eigenvalue weighted by molar-refractivity contribution is 0.299. The summed E-state index contributed by atoms with van der Waals surface area (Å²) in [5.41, 5.74) is 7.55. The van der Waals surface area contributed by atoms with Gasteiger partial charge in [0.25, 0.3) is 0 Å². The largest absolute Gasteiger partial charge is 0.453 e. The zero-order chi connectivity index (χ0) is 11.8. The van der Waals surface area contributed by atoms with Gasteiger partial charge in [-0.1, -0.05) is 11.2 Å². The van der Waals surface area contributed by atoms with Crippen LogP contribution >= 0.6 is 0 Å². The molecule has 0 amide bonds. The van der Waals surface area contributed by atoms with Gasteiger partial charge in [0.2, 0.25) is 0 Å². The number of anilines is 1. The molecule has 6 nitrogen and oxygen atoms in total. The van der Waals surface area contributed by atoms with E-state index in [0.717, 1.165) is 5.56 Å². The second-order valence-corrected chi connectivity index (χ2v) is 3.45. The molecule has 0 aliphatic heterocycles. The van der Waals surface area contributed by atoms with Gasteiger partial charge in [-0.3, -0.25) is 0 Å². The van der Waals surface area contributed by atoms with Gasteiger partial charge in [0.1, 0.15) is 5.52 Å². The van der Waals surface area contributed by atoms with Crippen molar-refractivity contribution >= 4 is 16.9 Å². The molecule has 86 valence electrons. The SMILES string of the molecule is COc1nc2c(-c3cc(N)no3)cccc2o1. The maximum Gasteiger partial charge on any atom is 0.394 e. The van der Waals surface area contributed by atoms with Crippen LogP contribution < -0.4 is 10.5 Å². The van der Waals surface area contributed by atoms with E-state index in [0.29, 0.717) is 22.7 Å². The third kappa shape index (κ3) is 1.50. The minimum Gasteiger partial charge on any atom is -0.453 e. The summed E-state index contributed by atoms with van der Waals surface area (Å²) in [4.78, 5) is 4.20. The van der Waals surface area contributed by atoms with Gasteiger partial charge < -0.3 is 19.4 Å². The number of nitrogens with zero attached hydrogens (tertiary/aromatic N) is 2. The Morgan fingerprint density at radius 2 is 2.24 bits per heavy atom. The Hall–Kier alpha value is -2.50. The fourth-order valence-electron chi connectivity index (χ4n) is 1.63. The number of nitrogens with two attached hydrogens (primary N) is 1. The van der Waals surface area contributed by atoms with Gasteiger partial charge in [-0.15, -0.1) is 0 Å². The van der Waals surface area contributed by atoms with E-state index in [1.54, 1.807) is 12.1 Å². The second-order valence-electron chi connectivity index (χ2n) is 3.45. The summed E-state index contributed by atoms with van der Waals surface area (Å²) in [7, 11) is 1.50. The van der Waals surface area contributed by atoms with Gasteiger partial charge >= 0.3 is 6.08 Å². The molecule has 2 heterocycles. The smallest absolute Gasteiger partial charge is 0.394 e. The Labute approximate surface area is 96.0 Å². The van der Waals surface area contributed by atoms with Crippen molar-refractivity contribution in [3.8, 4) is 17.4 Å². The number of benzene rings is 1. The van der Waals surface area contributed by atoms with E-state index in [2.05, 4.69) is 10.1 Å². The summed E-state index contributed by atoms with van der Waals surface area (Å²) in [5, 5.41) is 3.64. The maximum atomic E-state index is 5.52. The van der Waals surface area contributed by atoms with Gasteiger partial charge in [0.05, 0.1) is 7.11 Å². The van der Waals surface area contributed by atoms with Crippen LogP contribution in [0.4, 0.5) is 5.82 Å². The zero-order valence-electron chi connectivity index (χ0n) is 9.01. The van der Waals surface area contributed by atoms with Crippen LogP contribution in [0.5, 0.6) is 6.08 Å². The minimum atomic E-state index is 0.208. The molecule has 0 unspecified atom stereocenters. The number of aromatic nitrogens is 2. The number of hydrogen-bond acceptors (Lipinski definition) is 6. The summed E-state index contributed by atoms with van der Waals surface area (Å²) in [6.45, 7) is 0. The molecular weight excluding hydrogens is 222 g/mol. The number of rotatable bonds is 2. The van der Waals surface area contributed by atoms with Crippen LogP contribution in [0.25, 0.3) is 22.4 Å². The Kier molecular flexibility index (Phi) is 2.01. The fraction of sp³-hybridized carbons (Fsp3) is 0.0909. The third-order valence-corrected chi connectivity index (χ3v) is 2.37. The number of ether oxygens (including phenoxy) is 1. The molecule has 0 bridgehead atoms. The Bertz CT molecular complexity index is 671. The van der Waals surface area contributed by atoms with Crippen molar-refractivity contribution in [1.82, 2.24) is 10.1 Å². The van der Waals surface area contributed by atoms with Crippen molar-refractivity contribution < 1.29 is 13.7 Å². The molecule has 17 heavy (non-hydrogen) atoms. The summed E-state index contributed by atoms with van der Waals surface area (Å²) in [6.07, 6.45) is 0.208. The van der Waals surface area contributed by atoms with Gasteiger partial charge in [0.15, 0.2) is 17.2 Å². The molecule has 6 heteroatoms. The molecule has 0 saturated heterocycles. The summed E-state index contributed by atoms with van der Waals surface area (Å²) >= 11 is 0. The van der Waals surface area contributed by atoms with E-state index in [-0.39, 0.29) is 6.08 Å². The number of oxazole rings is 1. The lowest BCUT2D eigenvalue weighted by atomic mass is 10.1. The van der Waals surface area contributed by atoms with E-state index in [9.17, 15) is 0 Å². The monoisotopic (exact) mass is 231 g/mol. The number of hydrogen-bond donors (Lipinski definition) is 1. The molecule has 2 N–H and O–H groups in total. The lowest BCUT2D eigenvalue weighted by Gasteiger charge is -1.94. The normalized spacial score (nSPS) is 10.9. The van der Waals surface area contributed by atoms with Crippen molar-refractivity contribution in [2.24, 2.45) is 0 Å². The molecule has 2 aromatic heterocycles. The van der Waals surface area contributed by atoms with Crippen molar-refractivity contribution in [3.63, 3.8) is 0 Å². The van der Waals surface area contributed by atoms with Crippen molar-refractivity contribution in [3.05, 3.63) is 24.3 Å².